The van der Waals surface area contributed by atoms with Gasteiger partial charge in [-0.05, 0) is 43.3 Å². The number of methoxy groups -OCH3 is 1. The van der Waals surface area contributed by atoms with Crippen LogP contribution in [0.3, 0.4) is 0 Å². The Hall–Kier alpha value is -3.74. The molecule has 7 nitrogen and oxygen atoms in total. The molecular formula is C20H18N4O3. The lowest BCUT2D eigenvalue weighted by atomic mass is 10.1. The van der Waals surface area contributed by atoms with Gasteiger partial charge in [-0.3, -0.25) is 4.79 Å². The maximum absolute atomic E-state index is 12.4. The minimum Gasteiger partial charge on any atom is -0.465 e. The van der Waals surface area contributed by atoms with Gasteiger partial charge in [0.05, 0.1) is 18.4 Å². The van der Waals surface area contributed by atoms with E-state index in [9.17, 15) is 9.59 Å². The van der Waals surface area contributed by atoms with Crippen molar-refractivity contribution in [3.8, 4) is 0 Å². The molecule has 0 aliphatic rings. The summed E-state index contributed by atoms with van der Waals surface area (Å²) in [5, 5.41) is 13.7. The average Bonchev–Trinajstić information content (AvgIpc) is 2.70. The summed E-state index contributed by atoms with van der Waals surface area (Å²) >= 11 is 0. The fourth-order valence-corrected chi connectivity index (χ4v) is 2.37. The highest BCUT2D eigenvalue weighted by Crippen LogP contribution is 2.18. The van der Waals surface area contributed by atoms with Gasteiger partial charge in [-0.15, -0.1) is 10.2 Å². The molecule has 0 radical (unpaired) electrons. The molecule has 0 aliphatic heterocycles. The number of esters is 1. The predicted molar refractivity (Wildman–Crippen MR) is 102 cm³/mol. The highest BCUT2D eigenvalue weighted by Gasteiger charge is 2.15. The van der Waals surface area contributed by atoms with Gasteiger partial charge in [-0.25, -0.2) is 4.79 Å². The maximum atomic E-state index is 12.4. The second-order valence-electron chi connectivity index (χ2n) is 5.79. The van der Waals surface area contributed by atoms with Crippen LogP contribution in [0.1, 0.15) is 26.4 Å². The molecule has 3 aromatic rings. The third-order valence-electron chi connectivity index (χ3n) is 3.80. The van der Waals surface area contributed by atoms with Crippen LogP contribution < -0.4 is 10.6 Å². The number of carbonyl (C=O) groups excluding carboxylic acids is 2. The number of benzene rings is 2. The molecule has 2 N–H and O–H groups in total. The van der Waals surface area contributed by atoms with Gasteiger partial charge >= 0.3 is 5.97 Å². The number of carbonyl (C=O) groups is 2. The SMILES string of the molecule is COC(=O)c1ccccc1NC(=O)c1ccc(Nc2ccc(C)cc2)nn1. The average molecular weight is 362 g/mol. The minimum atomic E-state index is -0.533. The third kappa shape index (κ3) is 4.46. The van der Waals surface area contributed by atoms with Crippen LogP contribution >= 0.6 is 0 Å². The Morgan fingerprint density at radius 2 is 1.67 bits per heavy atom. The molecule has 0 unspecified atom stereocenters. The summed E-state index contributed by atoms with van der Waals surface area (Å²) in [5.74, 6) is -0.485. The summed E-state index contributed by atoms with van der Waals surface area (Å²) in [6.45, 7) is 2.01. The van der Waals surface area contributed by atoms with Gasteiger partial charge in [0, 0.05) is 5.69 Å². The fraction of sp³-hybridized carbons (Fsp3) is 0.100. The van der Waals surface area contributed by atoms with Crippen molar-refractivity contribution in [3.05, 3.63) is 77.5 Å². The number of hydrogen-bond donors (Lipinski definition) is 2. The second-order valence-corrected chi connectivity index (χ2v) is 5.79. The van der Waals surface area contributed by atoms with Crippen LogP contribution in [-0.4, -0.2) is 29.2 Å². The first-order valence-electron chi connectivity index (χ1n) is 8.23. The van der Waals surface area contributed by atoms with E-state index in [0.717, 1.165) is 11.3 Å². The first kappa shape index (κ1) is 18.1. The molecular weight excluding hydrogens is 344 g/mol. The number of aryl methyl sites for hydroxylation is 1. The molecule has 0 fully saturated rings. The Bertz CT molecular complexity index is 954. The standard InChI is InChI=1S/C20H18N4O3/c1-13-7-9-14(10-8-13)21-18-12-11-17(23-24-18)19(25)22-16-6-4-3-5-15(16)20(26)27-2/h3-12H,1-2H3,(H,21,24)(H,22,25). The molecule has 136 valence electrons. The highest BCUT2D eigenvalue weighted by molar-refractivity contribution is 6.07. The van der Waals surface area contributed by atoms with Crippen molar-refractivity contribution in [1.29, 1.82) is 0 Å². The number of aromatic nitrogens is 2. The number of hydrogen-bond acceptors (Lipinski definition) is 6. The van der Waals surface area contributed by atoms with Gasteiger partial charge in [-0.1, -0.05) is 29.8 Å². The number of amides is 1. The smallest absolute Gasteiger partial charge is 0.339 e. The minimum absolute atomic E-state index is 0.129. The summed E-state index contributed by atoms with van der Waals surface area (Å²) in [4.78, 5) is 24.2. The number of rotatable bonds is 5. The number of para-hydroxylation sites is 1. The number of nitrogens with one attached hydrogen (secondary N) is 2. The summed E-state index contributed by atoms with van der Waals surface area (Å²) in [5.41, 5.74) is 2.77. The van der Waals surface area contributed by atoms with Gasteiger partial charge in [0.25, 0.3) is 5.91 Å². The molecule has 27 heavy (non-hydrogen) atoms. The molecule has 1 amide bonds. The van der Waals surface area contributed by atoms with Crippen LogP contribution in [0.25, 0.3) is 0 Å². The Morgan fingerprint density at radius 3 is 2.33 bits per heavy atom. The Kier molecular flexibility index (Phi) is 5.41. The van der Waals surface area contributed by atoms with E-state index in [4.69, 9.17) is 4.74 Å². The van der Waals surface area contributed by atoms with Crippen molar-refractivity contribution >= 4 is 29.1 Å². The molecule has 0 bridgehead atoms. The van der Waals surface area contributed by atoms with Crippen molar-refractivity contribution in [2.24, 2.45) is 0 Å². The van der Waals surface area contributed by atoms with E-state index in [2.05, 4.69) is 20.8 Å². The first-order valence-corrected chi connectivity index (χ1v) is 8.23. The van der Waals surface area contributed by atoms with E-state index in [1.54, 1.807) is 36.4 Å². The van der Waals surface area contributed by atoms with E-state index in [1.807, 2.05) is 31.2 Å². The largest absolute Gasteiger partial charge is 0.465 e. The van der Waals surface area contributed by atoms with Crippen LogP contribution in [0.4, 0.5) is 17.2 Å². The summed E-state index contributed by atoms with van der Waals surface area (Å²) in [6, 6.07) is 17.6. The number of nitrogens with zero attached hydrogens (tertiary/aromatic N) is 2. The van der Waals surface area contributed by atoms with Crippen LogP contribution in [0.2, 0.25) is 0 Å². The van der Waals surface area contributed by atoms with Gasteiger partial charge < -0.3 is 15.4 Å². The fourth-order valence-electron chi connectivity index (χ4n) is 2.37. The van der Waals surface area contributed by atoms with Crippen molar-refractivity contribution in [2.45, 2.75) is 6.92 Å². The van der Waals surface area contributed by atoms with Crippen molar-refractivity contribution in [2.75, 3.05) is 17.7 Å². The zero-order valence-electron chi connectivity index (χ0n) is 14.9. The lowest BCUT2D eigenvalue weighted by Crippen LogP contribution is -2.17. The van der Waals surface area contributed by atoms with E-state index in [1.165, 1.54) is 7.11 Å². The molecule has 0 saturated carbocycles. The van der Waals surface area contributed by atoms with E-state index >= 15 is 0 Å². The van der Waals surface area contributed by atoms with E-state index in [-0.39, 0.29) is 11.3 Å². The van der Waals surface area contributed by atoms with E-state index < -0.39 is 11.9 Å². The third-order valence-corrected chi connectivity index (χ3v) is 3.80. The van der Waals surface area contributed by atoms with Crippen molar-refractivity contribution in [1.82, 2.24) is 10.2 Å². The molecule has 1 aromatic heterocycles. The summed E-state index contributed by atoms with van der Waals surface area (Å²) in [6.07, 6.45) is 0. The maximum Gasteiger partial charge on any atom is 0.339 e. The molecule has 0 saturated heterocycles. The molecule has 2 aromatic carbocycles. The Morgan fingerprint density at radius 1 is 0.926 bits per heavy atom. The lowest BCUT2D eigenvalue weighted by Gasteiger charge is -2.09. The molecule has 0 spiro atoms. The van der Waals surface area contributed by atoms with Gasteiger partial charge in [0.15, 0.2) is 11.5 Å². The Labute approximate surface area is 156 Å². The predicted octanol–water partition coefficient (Wildman–Crippen LogP) is 3.57. The van der Waals surface area contributed by atoms with Gasteiger partial charge in [-0.2, -0.15) is 0 Å². The molecule has 1 heterocycles. The van der Waals surface area contributed by atoms with Crippen molar-refractivity contribution < 1.29 is 14.3 Å². The monoisotopic (exact) mass is 362 g/mol. The molecule has 7 heteroatoms. The highest BCUT2D eigenvalue weighted by atomic mass is 16.5. The normalized spacial score (nSPS) is 10.1. The molecule has 0 atom stereocenters. The number of anilines is 3. The second kappa shape index (κ2) is 8.09. The van der Waals surface area contributed by atoms with Crippen LogP contribution in [0.15, 0.2) is 60.7 Å². The topological polar surface area (TPSA) is 93.2 Å². The summed E-state index contributed by atoms with van der Waals surface area (Å²) < 4.78 is 4.72. The van der Waals surface area contributed by atoms with Crippen molar-refractivity contribution in [3.63, 3.8) is 0 Å². The van der Waals surface area contributed by atoms with Crippen LogP contribution in [0, 0.1) is 6.92 Å². The van der Waals surface area contributed by atoms with E-state index in [0.29, 0.717) is 11.5 Å². The number of ether oxygens (including phenoxy) is 1. The zero-order chi connectivity index (χ0) is 19.2. The molecule has 0 aliphatic carbocycles. The summed E-state index contributed by atoms with van der Waals surface area (Å²) in [7, 11) is 1.28. The van der Waals surface area contributed by atoms with Gasteiger partial charge in [0.1, 0.15) is 0 Å². The van der Waals surface area contributed by atoms with Crippen LogP contribution in [-0.2, 0) is 4.74 Å². The molecule has 3 rings (SSSR count). The van der Waals surface area contributed by atoms with Gasteiger partial charge in [0.2, 0.25) is 0 Å². The first-order chi connectivity index (χ1) is 13.1. The Balaban J connectivity index is 1.71. The lowest BCUT2D eigenvalue weighted by molar-refractivity contribution is 0.0602. The quantitative estimate of drug-likeness (QED) is 0.674. The zero-order valence-corrected chi connectivity index (χ0v) is 14.9. The van der Waals surface area contributed by atoms with Crippen LogP contribution in [0.5, 0.6) is 0 Å².